The first-order valence-corrected chi connectivity index (χ1v) is 5.45. The lowest BCUT2D eigenvalue weighted by molar-refractivity contribution is 0.759. The molecule has 1 aliphatic carbocycles. The Kier molecular flexibility index (Phi) is 6.22. The van der Waals surface area contributed by atoms with Gasteiger partial charge in [-0.15, -0.1) is 0 Å². The molecular formula is C13H20. The Hall–Kier alpha value is -0.780. The summed E-state index contributed by atoms with van der Waals surface area (Å²) in [6.07, 6.45) is 22.5. The molecule has 1 aliphatic rings. The minimum absolute atomic E-state index is 1.11. The van der Waals surface area contributed by atoms with Gasteiger partial charge in [-0.05, 0) is 44.9 Å². The van der Waals surface area contributed by atoms with E-state index in [1.165, 1.54) is 38.5 Å². The van der Waals surface area contributed by atoms with Crippen LogP contribution < -0.4 is 0 Å². The summed E-state index contributed by atoms with van der Waals surface area (Å²) >= 11 is 0. The van der Waals surface area contributed by atoms with Crippen molar-refractivity contribution in [2.75, 3.05) is 0 Å². The summed E-state index contributed by atoms with van der Waals surface area (Å²) in [4.78, 5) is 0. The number of hydrogen-bond acceptors (Lipinski definition) is 0. The van der Waals surface area contributed by atoms with Gasteiger partial charge in [-0.2, -0.15) is 0 Å². The molecule has 0 atom stereocenters. The lowest BCUT2D eigenvalue weighted by atomic mass is 10.1. The second-order valence-electron chi connectivity index (χ2n) is 3.51. The van der Waals surface area contributed by atoms with Crippen molar-refractivity contribution in [2.24, 2.45) is 0 Å². The smallest absolute Gasteiger partial charge is 0.0169 e. The van der Waals surface area contributed by atoms with Crippen LogP contribution in [0.1, 0.15) is 44.9 Å². The predicted octanol–water partition coefficient (Wildman–Crippen LogP) is 4.40. The Balaban J connectivity index is 2.28. The quantitative estimate of drug-likeness (QED) is 0.480. The summed E-state index contributed by atoms with van der Waals surface area (Å²) in [5.41, 5.74) is 0. The molecule has 0 spiro atoms. The molecule has 0 amide bonds. The van der Waals surface area contributed by atoms with Crippen molar-refractivity contribution < 1.29 is 0 Å². The fourth-order valence-electron chi connectivity index (χ4n) is 1.46. The van der Waals surface area contributed by atoms with E-state index in [0.717, 1.165) is 6.42 Å². The minimum Gasteiger partial charge on any atom is -0.0885 e. The van der Waals surface area contributed by atoms with Gasteiger partial charge >= 0.3 is 0 Å². The summed E-state index contributed by atoms with van der Waals surface area (Å²) in [5.74, 6) is 0. The molecule has 1 rings (SSSR count). The highest BCUT2D eigenvalue weighted by Crippen LogP contribution is 2.04. The van der Waals surface area contributed by atoms with E-state index < -0.39 is 0 Å². The number of allylic oxidation sites excluding steroid dienone is 6. The summed E-state index contributed by atoms with van der Waals surface area (Å²) in [6, 6.07) is 0. The molecule has 0 unspecified atom stereocenters. The van der Waals surface area contributed by atoms with Gasteiger partial charge in [0.1, 0.15) is 0 Å². The van der Waals surface area contributed by atoms with Crippen LogP contribution in [0.15, 0.2) is 36.5 Å². The van der Waals surface area contributed by atoms with Crippen LogP contribution in [0.2, 0.25) is 0 Å². The average Bonchev–Trinajstić information content (AvgIpc) is 2.18. The molecule has 0 N–H and O–H groups in total. The molecule has 0 saturated heterocycles. The van der Waals surface area contributed by atoms with Crippen LogP contribution in [0.3, 0.4) is 0 Å². The van der Waals surface area contributed by atoms with Crippen molar-refractivity contribution in [2.45, 2.75) is 44.9 Å². The molecule has 0 fully saturated rings. The molecule has 0 bridgehead atoms. The van der Waals surface area contributed by atoms with Crippen molar-refractivity contribution >= 4 is 0 Å². The normalized spacial score (nSPS) is 27.7. The van der Waals surface area contributed by atoms with Gasteiger partial charge in [-0.3, -0.25) is 0 Å². The first-order valence-electron chi connectivity index (χ1n) is 5.45. The van der Waals surface area contributed by atoms with Crippen LogP contribution in [0.25, 0.3) is 0 Å². The maximum absolute atomic E-state index is 2.33. The van der Waals surface area contributed by atoms with E-state index in [1.54, 1.807) is 0 Å². The maximum Gasteiger partial charge on any atom is -0.0169 e. The van der Waals surface area contributed by atoms with Crippen LogP contribution >= 0.6 is 0 Å². The highest BCUT2D eigenvalue weighted by atomic mass is 13.9. The predicted molar refractivity (Wildman–Crippen MR) is 59.7 cm³/mol. The van der Waals surface area contributed by atoms with Crippen LogP contribution in [0.4, 0.5) is 0 Å². The largest absolute Gasteiger partial charge is 0.0885 e. The van der Waals surface area contributed by atoms with Crippen molar-refractivity contribution in [1.29, 1.82) is 0 Å². The Morgan fingerprint density at radius 1 is 0.462 bits per heavy atom. The van der Waals surface area contributed by atoms with E-state index >= 15 is 0 Å². The van der Waals surface area contributed by atoms with Crippen LogP contribution in [-0.2, 0) is 0 Å². The van der Waals surface area contributed by atoms with E-state index in [2.05, 4.69) is 36.5 Å². The van der Waals surface area contributed by atoms with E-state index in [1.807, 2.05) is 0 Å². The van der Waals surface area contributed by atoms with E-state index in [4.69, 9.17) is 0 Å². The zero-order valence-electron chi connectivity index (χ0n) is 8.41. The van der Waals surface area contributed by atoms with Crippen molar-refractivity contribution in [3.8, 4) is 0 Å². The third-order valence-electron chi connectivity index (χ3n) is 2.26. The zero-order valence-corrected chi connectivity index (χ0v) is 8.41. The SMILES string of the molecule is C1=C/CC/C=C/CCCC/C=C/C/1. The average molecular weight is 176 g/mol. The van der Waals surface area contributed by atoms with Crippen LogP contribution in [0.5, 0.6) is 0 Å². The monoisotopic (exact) mass is 176 g/mol. The third kappa shape index (κ3) is 6.39. The van der Waals surface area contributed by atoms with Crippen molar-refractivity contribution in [1.82, 2.24) is 0 Å². The topological polar surface area (TPSA) is 0 Å². The van der Waals surface area contributed by atoms with Crippen LogP contribution in [-0.4, -0.2) is 0 Å². The lowest BCUT2D eigenvalue weighted by Gasteiger charge is -1.92. The fourth-order valence-corrected chi connectivity index (χ4v) is 1.46. The van der Waals surface area contributed by atoms with Gasteiger partial charge in [0.25, 0.3) is 0 Å². The van der Waals surface area contributed by atoms with Gasteiger partial charge in [0.15, 0.2) is 0 Å². The van der Waals surface area contributed by atoms with E-state index in [0.29, 0.717) is 0 Å². The summed E-state index contributed by atoms with van der Waals surface area (Å²) in [7, 11) is 0. The fraction of sp³-hybridized carbons (Fsp3) is 0.538. The highest BCUT2D eigenvalue weighted by Gasteiger charge is 1.84. The van der Waals surface area contributed by atoms with Crippen molar-refractivity contribution in [3.05, 3.63) is 36.5 Å². The third-order valence-corrected chi connectivity index (χ3v) is 2.26. The molecule has 0 aromatic heterocycles. The standard InChI is InChI=1S/C13H20/c1-2-4-6-8-10-12-13-11-9-7-5-3-1/h1-2,5,7-8,10H,3-4,6,9,11-13H2/b2-1+,7-5+,10-8+. The van der Waals surface area contributed by atoms with Crippen molar-refractivity contribution in [3.63, 3.8) is 0 Å². The minimum atomic E-state index is 1.11. The second kappa shape index (κ2) is 7.85. The Labute approximate surface area is 82.0 Å². The van der Waals surface area contributed by atoms with Gasteiger partial charge in [-0.1, -0.05) is 36.5 Å². The molecule has 0 heterocycles. The number of hydrogen-bond donors (Lipinski definition) is 0. The second-order valence-corrected chi connectivity index (χ2v) is 3.51. The first kappa shape index (κ1) is 10.3. The molecule has 0 heteroatoms. The van der Waals surface area contributed by atoms with E-state index in [9.17, 15) is 0 Å². The van der Waals surface area contributed by atoms with Gasteiger partial charge in [0, 0.05) is 0 Å². The lowest BCUT2D eigenvalue weighted by Crippen LogP contribution is -1.72. The maximum atomic E-state index is 2.33. The Morgan fingerprint density at radius 3 is 1.62 bits per heavy atom. The Morgan fingerprint density at radius 2 is 0.923 bits per heavy atom. The molecule has 0 aromatic carbocycles. The van der Waals surface area contributed by atoms with Gasteiger partial charge < -0.3 is 0 Å². The Bertz CT molecular complexity index is 184. The molecule has 13 heavy (non-hydrogen) atoms. The molecular weight excluding hydrogens is 156 g/mol. The molecule has 0 aromatic rings. The molecule has 0 aliphatic heterocycles. The van der Waals surface area contributed by atoms with Crippen LogP contribution in [0, 0.1) is 0 Å². The molecule has 0 saturated carbocycles. The highest BCUT2D eigenvalue weighted by molar-refractivity contribution is 4.94. The van der Waals surface area contributed by atoms with E-state index in [-0.39, 0.29) is 0 Å². The first-order chi connectivity index (χ1) is 6.50. The number of rotatable bonds is 0. The summed E-state index contributed by atoms with van der Waals surface area (Å²) in [6.45, 7) is 0. The molecule has 0 radical (unpaired) electrons. The summed E-state index contributed by atoms with van der Waals surface area (Å²) in [5, 5.41) is 0. The zero-order chi connectivity index (χ0) is 9.19. The summed E-state index contributed by atoms with van der Waals surface area (Å²) < 4.78 is 0. The van der Waals surface area contributed by atoms with Gasteiger partial charge in [-0.25, -0.2) is 0 Å². The van der Waals surface area contributed by atoms with Gasteiger partial charge in [0.2, 0.25) is 0 Å². The molecule has 72 valence electrons. The molecule has 0 nitrogen and oxygen atoms in total. The van der Waals surface area contributed by atoms with Gasteiger partial charge in [0.05, 0.1) is 0 Å².